The summed E-state index contributed by atoms with van der Waals surface area (Å²) >= 11 is 0. The first-order valence-electron chi connectivity index (χ1n) is 13.0. The monoisotopic (exact) mass is 502 g/mol. The van der Waals surface area contributed by atoms with Crippen molar-refractivity contribution in [1.29, 1.82) is 0 Å². The second kappa shape index (κ2) is 10.4. The van der Waals surface area contributed by atoms with Gasteiger partial charge in [-0.2, -0.15) is 5.10 Å². The third kappa shape index (κ3) is 5.87. The SMILES string of the molecule is Cc1ccc(NC(=O)c2cnn(-c3c(C)cccc3C)c2C2CCN(C(=O)OC(C)(C)C)CC2)cc1C. The molecule has 3 aromatic rings. The first-order chi connectivity index (χ1) is 17.4. The molecular formula is C30H38N4O3. The molecule has 1 saturated heterocycles. The number of carbonyl (C=O) groups excluding carboxylic acids is 2. The highest BCUT2D eigenvalue weighted by molar-refractivity contribution is 6.05. The molecule has 0 aliphatic carbocycles. The second-order valence-electron chi connectivity index (χ2n) is 11.1. The lowest BCUT2D eigenvalue weighted by atomic mass is 9.90. The van der Waals surface area contributed by atoms with Gasteiger partial charge in [0.15, 0.2) is 0 Å². The molecular weight excluding hydrogens is 464 g/mol. The lowest BCUT2D eigenvalue weighted by molar-refractivity contribution is 0.0203. The van der Waals surface area contributed by atoms with Gasteiger partial charge in [0.1, 0.15) is 5.60 Å². The number of ether oxygens (including phenoxy) is 1. The number of aromatic nitrogens is 2. The molecule has 0 atom stereocenters. The minimum atomic E-state index is -0.533. The summed E-state index contributed by atoms with van der Waals surface area (Å²) in [6.45, 7) is 15.0. The molecule has 0 radical (unpaired) electrons. The van der Waals surface area contributed by atoms with Gasteiger partial charge in [-0.1, -0.05) is 24.3 Å². The molecule has 0 saturated carbocycles. The van der Waals surface area contributed by atoms with Crippen molar-refractivity contribution in [1.82, 2.24) is 14.7 Å². The van der Waals surface area contributed by atoms with Crippen LogP contribution < -0.4 is 5.32 Å². The highest BCUT2D eigenvalue weighted by atomic mass is 16.6. The van der Waals surface area contributed by atoms with Gasteiger partial charge in [0.2, 0.25) is 0 Å². The largest absolute Gasteiger partial charge is 0.444 e. The van der Waals surface area contributed by atoms with Gasteiger partial charge in [0, 0.05) is 24.7 Å². The van der Waals surface area contributed by atoms with Gasteiger partial charge in [-0.05, 0) is 95.7 Å². The number of benzene rings is 2. The highest BCUT2D eigenvalue weighted by Crippen LogP contribution is 2.34. The van der Waals surface area contributed by atoms with Gasteiger partial charge in [-0.15, -0.1) is 0 Å². The van der Waals surface area contributed by atoms with Crippen LogP contribution in [0, 0.1) is 27.7 Å². The van der Waals surface area contributed by atoms with Crippen LogP contribution in [0.15, 0.2) is 42.6 Å². The van der Waals surface area contributed by atoms with Crippen LogP contribution in [0.2, 0.25) is 0 Å². The first kappa shape index (κ1) is 26.5. The Hall–Kier alpha value is -3.61. The van der Waals surface area contributed by atoms with E-state index >= 15 is 0 Å². The molecule has 1 aromatic heterocycles. The van der Waals surface area contributed by atoms with Gasteiger partial charge >= 0.3 is 6.09 Å². The molecule has 1 fully saturated rings. The molecule has 196 valence electrons. The van der Waals surface area contributed by atoms with Crippen LogP contribution in [0.5, 0.6) is 0 Å². The molecule has 1 aliphatic heterocycles. The molecule has 0 spiro atoms. The summed E-state index contributed by atoms with van der Waals surface area (Å²) < 4.78 is 7.52. The maximum Gasteiger partial charge on any atom is 0.410 e. The standard InChI is InChI=1S/C30H38N4O3/c1-19-11-12-24(17-22(19)4)32-28(35)25-18-31-34(26-20(2)9-8-10-21(26)3)27(25)23-13-15-33(16-14-23)29(36)37-30(5,6)7/h8-12,17-18,23H,13-16H2,1-7H3,(H,32,35). The van der Waals surface area contributed by atoms with E-state index in [0.717, 1.165) is 46.6 Å². The van der Waals surface area contributed by atoms with E-state index in [-0.39, 0.29) is 17.9 Å². The Balaban J connectivity index is 1.67. The first-order valence-corrected chi connectivity index (χ1v) is 13.0. The zero-order valence-corrected chi connectivity index (χ0v) is 23.0. The average molecular weight is 503 g/mol. The molecule has 1 aliphatic rings. The topological polar surface area (TPSA) is 76.5 Å². The summed E-state index contributed by atoms with van der Waals surface area (Å²) in [6.07, 6.45) is 2.83. The fourth-order valence-electron chi connectivity index (χ4n) is 4.92. The fraction of sp³-hybridized carbons (Fsp3) is 0.433. The van der Waals surface area contributed by atoms with E-state index in [1.165, 1.54) is 5.56 Å². The van der Waals surface area contributed by atoms with Crippen molar-refractivity contribution in [2.45, 2.75) is 72.8 Å². The molecule has 2 heterocycles. The van der Waals surface area contributed by atoms with E-state index in [0.29, 0.717) is 18.7 Å². The maximum atomic E-state index is 13.6. The van der Waals surface area contributed by atoms with Crippen molar-refractivity contribution in [3.8, 4) is 5.69 Å². The Morgan fingerprint density at radius 3 is 2.19 bits per heavy atom. The summed E-state index contributed by atoms with van der Waals surface area (Å²) in [5.41, 5.74) is 7.18. The number of para-hydroxylation sites is 1. The van der Waals surface area contributed by atoms with Gasteiger partial charge in [0.25, 0.3) is 5.91 Å². The number of anilines is 1. The minimum absolute atomic E-state index is 0.0701. The summed E-state index contributed by atoms with van der Waals surface area (Å²) in [6, 6.07) is 12.1. The summed E-state index contributed by atoms with van der Waals surface area (Å²) in [5, 5.41) is 7.81. The van der Waals surface area contributed by atoms with E-state index in [2.05, 4.69) is 38.2 Å². The number of aryl methyl sites for hydroxylation is 4. The number of likely N-dealkylation sites (tertiary alicyclic amines) is 1. The normalized spacial score (nSPS) is 14.5. The Labute approximate surface area is 219 Å². The molecule has 2 aromatic carbocycles. The molecule has 4 rings (SSSR count). The highest BCUT2D eigenvalue weighted by Gasteiger charge is 2.32. The number of amides is 2. The lowest BCUT2D eigenvalue weighted by Gasteiger charge is -2.34. The number of rotatable bonds is 4. The number of hydrogen-bond donors (Lipinski definition) is 1. The summed E-state index contributed by atoms with van der Waals surface area (Å²) in [5.74, 6) is -0.106. The predicted octanol–water partition coefficient (Wildman–Crippen LogP) is 6.47. The Kier molecular flexibility index (Phi) is 7.44. The van der Waals surface area contributed by atoms with Crippen molar-refractivity contribution >= 4 is 17.7 Å². The minimum Gasteiger partial charge on any atom is -0.444 e. The van der Waals surface area contributed by atoms with Crippen LogP contribution in [0.25, 0.3) is 5.69 Å². The van der Waals surface area contributed by atoms with Crippen LogP contribution in [-0.2, 0) is 4.74 Å². The van der Waals surface area contributed by atoms with Crippen LogP contribution >= 0.6 is 0 Å². The van der Waals surface area contributed by atoms with E-state index in [4.69, 9.17) is 9.84 Å². The molecule has 7 heteroatoms. The van der Waals surface area contributed by atoms with Crippen LogP contribution in [0.3, 0.4) is 0 Å². The average Bonchev–Trinajstić information content (AvgIpc) is 3.25. The van der Waals surface area contributed by atoms with Gasteiger partial charge in [-0.3, -0.25) is 4.79 Å². The molecule has 37 heavy (non-hydrogen) atoms. The second-order valence-corrected chi connectivity index (χ2v) is 11.1. The molecule has 7 nitrogen and oxygen atoms in total. The lowest BCUT2D eigenvalue weighted by Crippen LogP contribution is -2.41. The van der Waals surface area contributed by atoms with Crippen molar-refractivity contribution < 1.29 is 14.3 Å². The molecule has 1 N–H and O–H groups in total. The zero-order valence-electron chi connectivity index (χ0n) is 23.0. The molecule has 2 amide bonds. The van der Waals surface area contributed by atoms with Crippen molar-refractivity contribution in [2.24, 2.45) is 0 Å². The van der Waals surface area contributed by atoms with E-state index in [1.807, 2.05) is 56.6 Å². The summed E-state index contributed by atoms with van der Waals surface area (Å²) in [4.78, 5) is 28.0. The predicted molar refractivity (Wildman–Crippen MR) is 147 cm³/mol. The number of carbonyl (C=O) groups is 2. The van der Waals surface area contributed by atoms with Crippen molar-refractivity contribution in [3.63, 3.8) is 0 Å². The quantitative estimate of drug-likeness (QED) is 0.443. The van der Waals surface area contributed by atoms with E-state index in [9.17, 15) is 9.59 Å². The Morgan fingerprint density at radius 2 is 1.59 bits per heavy atom. The van der Waals surface area contributed by atoms with Crippen LogP contribution in [0.1, 0.15) is 77.8 Å². The summed E-state index contributed by atoms with van der Waals surface area (Å²) in [7, 11) is 0. The van der Waals surface area contributed by atoms with Crippen LogP contribution in [0.4, 0.5) is 10.5 Å². The Morgan fingerprint density at radius 1 is 0.946 bits per heavy atom. The Bertz CT molecular complexity index is 1290. The zero-order chi connectivity index (χ0) is 26.9. The van der Waals surface area contributed by atoms with Gasteiger partial charge in [0.05, 0.1) is 23.1 Å². The third-order valence-corrected chi connectivity index (χ3v) is 7.00. The number of nitrogens with one attached hydrogen (secondary N) is 1. The third-order valence-electron chi connectivity index (χ3n) is 7.00. The number of hydrogen-bond acceptors (Lipinski definition) is 4. The number of nitrogens with zero attached hydrogens (tertiary/aromatic N) is 3. The van der Waals surface area contributed by atoms with Gasteiger partial charge < -0.3 is 15.0 Å². The van der Waals surface area contributed by atoms with Crippen molar-refractivity contribution in [2.75, 3.05) is 18.4 Å². The fourth-order valence-corrected chi connectivity index (χ4v) is 4.92. The van der Waals surface area contributed by atoms with Gasteiger partial charge in [-0.25, -0.2) is 9.48 Å². The number of piperidine rings is 1. The van der Waals surface area contributed by atoms with Crippen LogP contribution in [-0.4, -0.2) is 45.4 Å². The van der Waals surface area contributed by atoms with E-state index < -0.39 is 5.60 Å². The van der Waals surface area contributed by atoms with E-state index in [1.54, 1.807) is 11.1 Å². The molecule has 0 unspecified atom stereocenters. The molecule has 0 bridgehead atoms. The smallest absolute Gasteiger partial charge is 0.410 e. The maximum absolute atomic E-state index is 13.6. The van der Waals surface area contributed by atoms with Crippen molar-refractivity contribution in [3.05, 3.63) is 76.1 Å².